The summed E-state index contributed by atoms with van der Waals surface area (Å²) in [5, 5.41) is 7.56. The summed E-state index contributed by atoms with van der Waals surface area (Å²) >= 11 is 1.65. The number of nitrogens with zero attached hydrogens (tertiary/aromatic N) is 1. The van der Waals surface area contributed by atoms with Crippen LogP contribution in [0.1, 0.15) is 36.6 Å². The molecule has 1 aromatic heterocycles. The average molecular weight is 309 g/mol. The molecule has 21 heavy (non-hydrogen) atoms. The van der Waals surface area contributed by atoms with Crippen LogP contribution >= 0.6 is 11.3 Å². The number of hydrogen-bond acceptors (Lipinski definition) is 4. The number of carbonyl (C=O) groups excluding carboxylic acids is 2. The van der Waals surface area contributed by atoms with Gasteiger partial charge in [0.05, 0.1) is 6.04 Å². The van der Waals surface area contributed by atoms with Gasteiger partial charge in [0.25, 0.3) is 0 Å². The van der Waals surface area contributed by atoms with Crippen molar-refractivity contribution in [2.45, 2.75) is 37.8 Å². The van der Waals surface area contributed by atoms with Crippen LogP contribution in [0.15, 0.2) is 17.5 Å². The lowest BCUT2D eigenvalue weighted by Crippen LogP contribution is -2.45. The van der Waals surface area contributed by atoms with E-state index in [1.54, 1.807) is 11.3 Å². The van der Waals surface area contributed by atoms with Gasteiger partial charge in [0.2, 0.25) is 0 Å². The van der Waals surface area contributed by atoms with E-state index < -0.39 is 11.8 Å². The Morgan fingerprint density at radius 2 is 2.05 bits per heavy atom. The van der Waals surface area contributed by atoms with Crippen LogP contribution in [0.25, 0.3) is 0 Å². The number of rotatable bonds is 5. The quantitative estimate of drug-likeness (QED) is 0.811. The Kier molecular flexibility index (Phi) is 5.76. The van der Waals surface area contributed by atoms with Gasteiger partial charge in [-0.1, -0.05) is 18.9 Å². The van der Waals surface area contributed by atoms with E-state index in [0.717, 1.165) is 25.7 Å². The van der Waals surface area contributed by atoms with E-state index in [0.29, 0.717) is 6.54 Å². The minimum atomic E-state index is -0.537. The van der Waals surface area contributed by atoms with Crippen molar-refractivity contribution >= 4 is 23.2 Å². The molecule has 0 spiro atoms. The van der Waals surface area contributed by atoms with Crippen molar-refractivity contribution in [3.05, 3.63) is 22.4 Å². The molecule has 0 unspecified atom stereocenters. The van der Waals surface area contributed by atoms with Gasteiger partial charge in [-0.3, -0.25) is 9.59 Å². The fourth-order valence-electron chi connectivity index (χ4n) is 2.61. The molecule has 1 fully saturated rings. The van der Waals surface area contributed by atoms with Crippen molar-refractivity contribution in [3.63, 3.8) is 0 Å². The van der Waals surface area contributed by atoms with Crippen molar-refractivity contribution < 1.29 is 9.59 Å². The molecule has 1 atom stereocenters. The first-order valence-electron chi connectivity index (χ1n) is 7.36. The lowest BCUT2D eigenvalue weighted by molar-refractivity contribution is -0.139. The second kappa shape index (κ2) is 7.56. The van der Waals surface area contributed by atoms with E-state index in [4.69, 9.17) is 0 Å². The minimum absolute atomic E-state index is 0.0910. The zero-order valence-electron chi connectivity index (χ0n) is 12.6. The molecule has 5 nitrogen and oxygen atoms in total. The number of amides is 2. The Balaban J connectivity index is 1.82. The Morgan fingerprint density at radius 3 is 2.62 bits per heavy atom. The standard InChI is InChI=1S/C15H23N3O2S/c1-18(2)12(13-8-5-9-21-13)10-16-14(19)15(20)17-11-6-3-4-7-11/h5,8-9,11-12H,3-4,6-7,10H2,1-2H3,(H,16,19)(H,17,20)/t12-/m0/s1. The average Bonchev–Trinajstić information content (AvgIpc) is 3.11. The topological polar surface area (TPSA) is 61.4 Å². The van der Waals surface area contributed by atoms with Gasteiger partial charge in [-0.05, 0) is 38.4 Å². The number of carbonyl (C=O) groups is 2. The highest BCUT2D eigenvalue weighted by molar-refractivity contribution is 7.10. The molecular weight excluding hydrogens is 286 g/mol. The first kappa shape index (κ1) is 16.0. The van der Waals surface area contributed by atoms with Crippen molar-refractivity contribution in [3.8, 4) is 0 Å². The summed E-state index contributed by atoms with van der Waals surface area (Å²) in [6.07, 6.45) is 4.23. The summed E-state index contributed by atoms with van der Waals surface area (Å²) < 4.78 is 0. The largest absolute Gasteiger partial charge is 0.346 e. The molecule has 0 saturated heterocycles. The Bertz CT molecular complexity index is 467. The molecule has 0 aromatic carbocycles. The predicted octanol–water partition coefficient (Wildman–Crippen LogP) is 1.53. The summed E-state index contributed by atoms with van der Waals surface area (Å²) in [6, 6.07) is 4.30. The van der Waals surface area contributed by atoms with Crippen LogP contribution in [0.2, 0.25) is 0 Å². The second-order valence-electron chi connectivity index (χ2n) is 5.66. The third kappa shape index (κ3) is 4.54. The van der Waals surface area contributed by atoms with Crippen LogP contribution < -0.4 is 10.6 Å². The normalized spacial score (nSPS) is 16.9. The summed E-state index contributed by atoms with van der Waals surface area (Å²) in [7, 11) is 3.93. The van der Waals surface area contributed by atoms with Crippen molar-refractivity contribution in [2.24, 2.45) is 0 Å². The predicted molar refractivity (Wildman–Crippen MR) is 84.2 cm³/mol. The SMILES string of the molecule is CN(C)[C@@H](CNC(=O)C(=O)NC1CCCC1)c1cccs1. The molecule has 0 bridgehead atoms. The van der Waals surface area contributed by atoms with Crippen molar-refractivity contribution in [2.75, 3.05) is 20.6 Å². The third-order valence-corrected chi connectivity index (χ3v) is 4.82. The maximum Gasteiger partial charge on any atom is 0.309 e. The van der Waals surface area contributed by atoms with Gasteiger partial charge in [-0.25, -0.2) is 0 Å². The van der Waals surface area contributed by atoms with Crippen molar-refractivity contribution in [1.82, 2.24) is 15.5 Å². The van der Waals surface area contributed by atoms with Gasteiger partial charge in [-0.15, -0.1) is 11.3 Å². The van der Waals surface area contributed by atoms with E-state index in [2.05, 4.69) is 10.6 Å². The maximum atomic E-state index is 11.9. The first-order chi connectivity index (χ1) is 10.1. The van der Waals surface area contributed by atoms with Crippen LogP contribution in [-0.2, 0) is 9.59 Å². The van der Waals surface area contributed by atoms with Gasteiger partial charge >= 0.3 is 11.8 Å². The van der Waals surface area contributed by atoms with Crippen LogP contribution in [0.5, 0.6) is 0 Å². The van der Waals surface area contributed by atoms with Gasteiger partial charge in [0.15, 0.2) is 0 Å². The van der Waals surface area contributed by atoms with Crippen LogP contribution in [0.3, 0.4) is 0 Å². The third-order valence-electron chi connectivity index (χ3n) is 3.85. The fraction of sp³-hybridized carbons (Fsp3) is 0.600. The Labute approximate surface area is 129 Å². The Hall–Kier alpha value is -1.40. The van der Waals surface area contributed by atoms with Gasteiger partial charge in [-0.2, -0.15) is 0 Å². The number of likely N-dealkylation sites (N-methyl/N-ethyl adjacent to an activating group) is 1. The summed E-state index contributed by atoms with van der Waals surface area (Å²) in [6.45, 7) is 0.435. The summed E-state index contributed by atoms with van der Waals surface area (Å²) in [4.78, 5) is 26.9. The lowest BCUT2D eigenvalue weighted by Gasteiger charge is -2.23. The fourth-order valence-corrected chi connectivity index (χ4v) is 3.53. The number of nitrogens with one attached hydrogen (secondary N) is 2. The molecule has 2 amide bonds. The van der Waals surface area contributed by atoms with Crippen molar-refractivity contribution in [1.29, 1.82) is 0 Å². The molecule has 1 aromatic rings. The van der Waals surface area contributed by atoms with Gasteiger partial charge < -0.3 is 15.5 Å². The summed E-state index contributed by atoms with van der Waals surface area (Å²) in [5.74, 6) is -1.05. The zero-order chi connectivity index (χ0) is 15.2. The highest BCUT2D eigenvalue weighted by Gasteiger charge is 2.23. The molecule has 0 aliphatic heterocycles. The molecule has 1 aliphatic carbocycles. The molecule has 6 heteroatoms. The molecule has 1 saturated carbocycles. The van der Waals surface area contributed by atoms with E-state index in [1.807, 2.05) is 36.5 Å². The monoisotopic (exact) mass is 309 g/mol. The van der Waals surface area contributed by atoms with E-state index in [-0.39, 0.29) is 12.1 Å². The highest BCUT2D eigenvalue weighted by atomic mass is 32.1. The van der Waals surface area contributed by atoms with Crippen LogP contribution in [0.4, 0.5) is 0 Å². The molecule has 116 valence electrons. The number of hydrogen-bond donors (Lipinski definition) is 2. The first-order valence-corrected chi connectivity index (χ1v) is 8.24. The molecule has 1 aliphatic rings. The van der Waals surface area contributed by atoms with E-state index in [9.17, 15) is 9.59 Å². The van der Waals surface area contributed by atoms with E-state index >= 15 is 0 Å². The van der Waals surface area contributed by atoms with E-state index in [1.165, 1.54) is 4.88 Å². The van der Waals surface area contributed by atoms with Crippen LogP contribution in [-0.4, -0.2) is 43.4 Å². The summed E-state index contributed by atoms with van der Waals surface area (Å²) in [5.41, 5.74) is 0. The minimum Gasteiger partial charge on any atom is -0.346 e. The van der Waals surface area contributed by atoms with Crippen LogP contribution in [0, 0.1) is 0 Å². The maximum absolute atomic E-state index is 11.9. The lowest BCUT2D eigenvalue weighted by atomic mass is 10.2. The van der Waals surface area contributed by atoms with Gasteiger partial charge in [0.1, 0.15) is 0 Å². The highest BCUT2D eigenvalue weighted by Crippen LogP contribution is 2.22. The Morgan fingerprint density at radius 1 is 1.33 bits per heavy atom. The van der Waals surface area contributed by atoms with Gasteiger partial charge in [0, 0.05) is 17.5 Å². The molecule has 2 N–H and O–H groups in total. The number of thiophene rings is 1. The molecule has 0 radical (unpaired) electrons. The molecule has 1 heterocycles. The molecular formula is C15H23N3O2S. The smallest absolute Gasteiger partial charge is 0.309 e. The second-order valence-corrected chi connectivity index (χ2v) is 6.64. The molecule has 2 rings (SSSR count). The zero-order valence-corrected chi connectivity index (χ0v) is 13.4.